The lowest BCUT2D eigenvalue weighted by atomic mass is 9.94. The van der Waals surface area contributed by atoms with E-state index in [1.807, 2.05) is 0 Å². The van der Waals surface area contributed by atoms with E-state index >= 15 is 0 Å². The molecule has 0 saturated carbocycles. The van der Waals surface area contributed by atoms with Crippen LogP contribution in [-0.4, -0.2) is 96.2 Å². The van der Waals surface area contributed by atoms with Crippen LogP contribution in [0.1, 0.15) is 23.0 Å². The Balaban J connectivity index is 1.92. The van der Waals surface area contributed by atoms with Crippen molar-refractivity contribution >= 4 is 39.8 Å². The number of nitrogens with zero attached hydrogens (tertiary/aromatic N) is 2. The molecule has 0 aliphatic carbocycles. The molecule has 3 heterocycles. The summed E-state index contributed by atoms with van der Waals surface area (Å²) in [6, 6.07) is 1.00. The molecule has 2 aliphatic rings. The van der Waals surface area contributed by atoms with Crippen molar-refractivity contribution in [2.75, 3.05) is 32.8 Å². The van der Waals surface area contributed by atoms with Gasteiger partial charge in [0.15, 0.2) is 21.3 Å². The number of aromatic nitrogens is 1. The van der Waals surface area contributed by atoms with E-state index in [0.29, 0.717) is 0 Å². The minimum atomic E-state index is -4.37. The Morgan fingerprint density at radius 3 is 2.54 bits per heavy atom. The van der Waals surface area contributed by atoms with E-state index in [2.05, 4.69) is 15.6 Å². The van der Waals surface area contributed by atoms with Crippen molar-refractivity contribution in [3.05, 3.63) is 35.2 Å². The van der Waals surface area contributed by atoms with Crippen molar-refractivity contribution in [2.45, 2.75) is 23.1 Å². The second kappa shape index (κ2) is 9.97. The third kappa shape index (κ3) is 4.56. The number of carbonyl (C=O) groups is 4. The van der Waals surface area contributed by atoms with Crippen LogP contribution in [0.3, 0.4) is 0 Å². The van der Waals surface area contributed by atoms with E-state index in [1.165, 1.54) is 24.4 Å². The molecule has 14 nitrogen and oxygen atoms in total. The van der Waals surface area contributed by atoms with E-state index in [9.17, 15) is 32.7 Å². The number of hydrogen-bond acceptors (Lipinski definition) is 10. The molecular weight excluding hydrogens is 484 g/mol. The van der Waals surface area contributed by atoms with Gasteiger partial charge in [-0.2, -0.15) is 0 Å². The number of hydrogen-bond donors (Lipinski definition) is 5. The van der Waals surface area contributed by atoms with Gasteiger partial charge in [-0.1, -0.05) is 0 Å². The van der Waals surface area contributed by atoms with Crippen LogP contribution in [0.5, 0.6) is 0 Å². The topological polar surface area (TPSA) is 224 Å². The van der Waals surface area contributed by atoms with Gasteiger partial charge in [0, 0.05) is 37.9 Å². The largest absolute Gasteiger partial charge is 0.480 e. The van der Waals surface area contributed by atoms with Crippen molar-refractivity contribution in [1.29, 1.82) is 0 Å². The predicted molar refractivity (Wildman–Crippen MR) is 121 cm³/mol. The third-order valence-corrected chi connectivity index (χ3v) is 8.42. The molecule has 1 unspecified atom stereocenters. The summed E-state index contributed by atoms with van der Waals surface area (Å²) >= 11 is 0. The molecule has 3 amide bonds. The minimum Gasteiger partial charge on any atom is -0.480 e. The summed E-state index contributed by atoms with van der Waals surface area (Å²) in [5.41, 5.74) is 10.8. The molecule has 1 aromatic rings. The van der Waals surface area contributed by atoms with Gasteiger partial charge in [-0.3, -0.25) is 14.6 Å². The molecule has 190 valence electrons. The van der Waals surface area contributed by atoms with Gasteiger partial charge in [0.2, 0.25) is 0 Å². The zero-order chi connectivity index (χ0) is 26.0. The quantitative estimate of drug-likeness (QED) is 0.174. The van der Waals surface area contributed by atoms with Crippen LogP contribution in [0.15, 0.2) is 23.9 Å². The van der Waals surface area contributed by atoms with Gasteiger partial charge in [-0.15, -0.1) is 0 Å². The number of β-lactam (4-membered cyclic amide) rings is 1. The molecule has 3 rings (SSSR count). The molecule has 7 N–H and O–H groups in total. The zero-order valence-corrected chi connectivity index (χ0v) is 19.6. The van der Waals surface area contributed by atoms with Crippen molar-refractivity contribution in [3.8, 4) is 0 Å². The summed E-state index contributed by atoms with van der Waals surface area (Å²) < 4.78 is 29.7. The summed E-state index contributed by atoms with van der Waals surface area (Å²) in [6.45, 7) is 0.977. The fraction of sp³-hybridized carbons (Fsp3) is 0.450. The van der Waals surface area contributed by atoms with E-state index in [1.54, 1.807) is 0 Å². The first-order valence-corrected chi connectivity index (χ1v) is 12.1. The van der Waals surface area contributed by atoms with Gasteiger partial charge in [0.1, 0.15) is 11.4 Å². The number of ether oxygens (including phenoxy) is 1. The zero-order valence-electron chi connectivity index (χ0n) is 18.8. The fourth-order valence-electron chi connectivity index (χ4n) is 3.94. The van der Waals surface area contributed by atoms with Crippen molar-refractivity contribution in [3.63, 3.8) is 0 Å². The number of fused-ring (bicyclic) bond motifs is 1. The van der Waals surface area contributed by atoms with Gasteiger partial charge in [0.25, 0.3) is 11.8 Å². The highest BCUT2D eigenvalue weighted by atomic mass is 32.2. The second-order valence-electron chi connectivity index (χ2n) is 8.07. The van der Waals surface area contributed by atoms with E-state index < -0.39 is 56.5 Å². The Morgan fingerprint density at radius 1 is 1.26 bits per heavy atom. The molecule has 2 fully saturated rings. The average molecular weight is 511 g/mol. The fourth-order valence-corrected chi connectivity index (χ4v) is 6.22. The van der Waals surface area contributed by atoms with Crippen LogP contribution in [0.2, 0.25) is 0 Å². The van der Waals surface area contributed by atoms with Gasteiger partial charge in [-0.25, -0.2) is 18.0 Å². The number of rotatable bonds is 9. The number of alkyl carbamates (subject to hydrolysis) is 1. The van der Waals surface area contributed by atoms with Crippen LogP contribution >= 0.6 is 0 Å². The Kier molecular flexibility index (Phi) is 7.42. The van der Waals surface area contributed by atoms with E-state index in [0.717, 1.165) is 11.8 Å². The first-order chi connectivity index (χ1) is 16.5. The highest BCUT2D eigenvalue weighted by Gasteiger charge is 2.72. The standard InChI is InChI=1S/C20H26N6O8S/c1-20(10-34-19(31)25-7-4-22)14(18(29)30)26-16(28)13(17(26)35(20,32)33)9-12-8-11(2-5-23-12)15(27)24-6-3-21/h2,5,8-9,14,17H,3-4,6-7,10,21-22H2,1H3,(H,24,27)(H,25,31)(H,29,30)/b13-9-/t14-,17?,20-/m0/s1. The molecule has 0 spiro atoms. The van der Waals surface area contributed by atoms with Crippen molar-refractivity contribution in [1.82, 2.24) is 20.5 Å². The molecule has 0 radical (unpaired) electrons. The third-order valence-electron chi connectivity index (χ3n) is 5.71. The summed E-state index contributed by atoms with van der Waals surface area (Å²) in [4.78, 5) is 53.6. The Morgan fingerprint density at radius 2 is 1.91 bits per heavy atom. The molecule has 0 bridgehead atoms. The average Bonchev–Trinajstić information content (AvgIpc) is 2.99. The van der Waals surface area contributed by atoms with Gasteiger partial charge in [0.05, 0.1) is 11.3 Å². The van der Waals surface area contributed by atoms with Crippen molar-refractivity contribution < 1.29 is 37.4 Å². The number of nitrogens with two attached hydrogens (primary N) is 2. The van der Waals surface area contributed by atoms with Crippen molar-refractivity contribution in [2.24, 2.45) is 11.5 Å². The van der Waals surface area contributed by atoms with Crippen LogP contribution < -0.4 is 22.1 Å². The molecule has 15 heteroatoms. The number of carboxylic acids is 1. The lowest BCUT2D eigenvalue weighted by Gasteiger charge is -2.37. The summed E-state index contributed by atoms with van der Waals surface area (Å²) in [5, 5.41) is 13.1. The Bertz CT molecular complexity index is 1190. The smallest absolute Gasteiger partial charge is 0.407 e. The molecule has 3 atom stereocenters. The molecule has 35 heavy (non-hydrogen) atoms. The van der Waals surface area contributed by atoms with E-state index in [4.69, 9.17) is 16.2 Å². The number of carbonyl (C=O) groups excluding carboxylic acids is 3. The molecule has 2 saturated heterocycles. The number of carboxylic acid groups (broad SMARTS) is 1. The number of sulfone groups is 1. The van der Waals surface area contributed by atoms with Gasteiger partial charge in [-0.05, 0) is 25.1 Å². The second-order valence-corrected chi connectivity index (χ2v) is 10.5. The molecule has 1 aromatic heterocycles. The Hall–Kier alpha value is -3.56. The predicted octanol–water partition coefficient (Wildman–Crippen LogP) is -2.35. The minimum absolute atomic E-state index is 0.0705. The monoisotopic (exact) mass is 510 g/mol. The van der Waals surface area contributed by atoms with Crippen LogP contribution in [0, 0.1) is 0 Å². The van der Waals surface area contributed by atoms with Crippen LogP contribution in [0.4, 0.5) is 4.79 Å². The maximum absolute atomic E-state index is 13.4. The Labute approximate surface area is 200 Å². The van der Waals surface area contributed by atoms with E-state index in [-0.39, 0.29) is 43.0 Å². The maximum Gasteiger partial charge on any atom is 0.407 e. The SMILES string of the molecule is C[C@]1(COC(=O)NCCN)[C@H](C(=O)O)N2C(=O)/C(=C/c3cc(C(=O)NCCN)ccn3)C2S1(=O)=O. The highest BCUT2D eigenvalue weighted by molar-refractivity contribution is 7.94. The number of pyridine rings is 1. The van der Waals surface area contributed by atoms with Gasteiger partial charge < -0.3 is 36.8 Å². The molecular formula is C20H26N6O8S. The van der Waals surface area contributed by atoms with Crippen LogP contribution in [0.25, 0.3) is 6.08 Å². The number of aliphatic carboxylic acids is 1. The first kappa shape index (κ1) is 26.1. The lowest BCUT2D eigenvalue weighted by molar-refractivity contribution is -0.153. The highest BCUT2D eigenvalue weighted by Crippen LogP contribution is 2.49. The first-order valence-electron chi connectivity index (χ1n) is 10.5. The molecule has 2 aliphatic heterocycles. The maximum atomic E-state index is 13.4. The molecule has 0 aromatic carbocycles. The number of nitrogens with one attached hydrogen (secondary N) is 2. The lowest BCUT2D eigenvalue weighted by Crippen LogP contribution is -2.59. The van der Waals surface area contributed by atoms with Gasteiger partial charge >= 0.3 is 12.1 Å². The normalized spacial score (nSPS) is 25.5. The van der Waals surface area contributed by atoms with Crippen LogP contribution in [-0.2, 0) is 24.2 Å². The summed E-state index contributed by atoms with van der Waals surface area (Å²) in [6.07, 6.45) is 1.53. The summed E-state index contributed by atoms with van der Waals surface area (Å²) in [7, 11) is -4.37. The summed E-state index contributed by atoms with van der Waals surface area (Å²) in [5.74, 6) is -2.81. The number of amides is 3.